The fourth-order valence-corrected chi connectivity index (χ4v) is 6.00. The van der Waals surface area contributed by atoms with Gasteiger partial charge in [0.2, 0.25) is 0 Å². The van der Waals surface area contributed by atoms with Gasteiger partial charge in [0.15, 0.2) is 23.8 Å². The Morgan fingerprint density at radius 1 is 1.17 bits per heavy atom. The quantitative estimate of drug-likeness (QED) is 0.839. The molecule has 1 aromatic carbocycles. The molecule has 1 aromatic rings. The highest BCUT2D eigenvalue weighted by atomic mass is 32.3. The van der Waals surface area contributed by atoms with E-state index in [-0.39, 0.29) is 5.56 Å². The van der Waals surface area contributed by atoms with E-state index in [2.05, 4.69) is 6.92 Å². The van der Waals surface area contributed by atoms with Gasteiger partial charge in [-0.25, -0.2) is 21.2 Å². The van der Waals surface area contributed by atoms with Crippen molar-refractivity contribution < 1.29 is 21.2 Å². The van der Waals surface area contributed by atoms with E-state index in [0.29, 0.717) is 0 Å². The third-order valence-electron chi connectivity index (χ3n) is 2.79. The molecule has 7 heteroatoms. The normalized spacial score (nSPS) is 13.6. The molecule has 0 aromatic heterocycles. The zero-order valence-corrected chi connectivity index (χ0v) is 11.7. The standard InChI is InChI=1S/C11H14FO4S2/c1-4-11(17(2,13)14,18(3,15)16)9-6-5-7-10(12)8-9/h5-8H,1,4H2,2-3H3. The summed E-state index contributed by atoms with van der Waals surface area (Å²) in [5.41, 5.74) is -0.123. The van der Waals surface area contributed by atoms with E-state index >= 15 is 0 Å². The molecule has 0 aliphatic heterocycles. The predicted octanol–water partition coefficient (Wildman–Crippen LogP) is 1.29. The van der Waals surface area contributed by atoms with Crippen molar-refractivity contribution in [1.29, 1.82) is 0 Å². The zero-order valence-electron chi connectivity index (χ0n) is 10.1. The summed E-state index contributed by atoms with van der Waals surface area (Å²) in [6.07, 6.45) is 1.20. The first-order valence-corrected chi connectivity index (χ1v) is 8.79. The van der Waals surface area contributed by atoms with Crippen molar-refractivity contribution in [3.05, 3.63) is 42.6 Å². The molecule has 0 N–H and O–H groups in total. The maximum absolute atomic E-state index is 13.2. The average molecular weight is 293 g/mol. The predicted molar refractivity (Wildman–Crippen MR) is 67.7 cm³/mol. The minimum Gasteiger partial charge on any atom is -0.227 e. The summed E-state index contributed by atoms with van der Waals surface area (Å²) in [5, 5.41) is 0. The molecule has 0 fully saturated rings. The molecule has 0 heterocycles. The highest BCUT2D eigenvalue weighted by Gasteiger charge is 2.50. The third kappa shape index (κ3) is 2.29. The number of sulfone groups is 2. The van der Waals surface area contributed by atoms with Gasteiger partial charge in [-0.15, -0.1) is 0 Å². The van der Waals surface area contributed by atoms with Gasteiger partial charge >= 0.3 is 0 Å². The summed E-state index contributed by atoms with van der Waals surface area (Å²) >= 11 is 0. The molecule has 0 aliphatic carbocycles. The molecule has 0 unspecified atom stereocenters. The summed E-state index contributed by atoms with van der Waals surface area (Å²) in [7, 11) is -8.04. The van der Waals surface area contributed by atoms with E-state index in [1.54, 1.807) is 0 Å². The van der Waals surface area contributed by atoms with Crippen LogP contribution in [0.4, 0.5) is 4.39 Å². The van der Waals surface area contributed by atoms with Gasteiger partial charge in [-0.05, 0) is 24.1 Å². The fourth-order valence-electron chi connectivity index (χ4n) is 1.94. The first-order chi connectivity index (χ1) is 8.06. The van der Waals surface area contributed by atoms with Gasteiger partial charge < -0.3 is 0 Å². The highest BCUT2D eigenvalue weighted by Crippen LogP contribution is 2.38. The maximum Gasteiger partial charge on any atom is 0.197 e. The molecule has 0 aliphatic rings. The summed E-state index contributed by atoms with van der Waals surface area (Å²) < 4.78 is 58.6. The lowest BCUT2D eigenvalue weighted by Crippen LogP contribution is -2.42. The van der Waals surface area contributed by atoms with Crippen LogP contribution in [0, 0.1) is 12.7 Å². The van der Waals surface area contributed by atoms with Crippen LogP contribution in [0.5, 0.6) is 0 Å². The van der Waals surface area contributed by atoms with Gasteiger partial charge in [-0.2, -0.15) is 0 Å². The molecule has 0 saturated carbocycles. The van der Waals surface area contributed by atoms with E-state index in [0.717, 1.165) is 24.6 Å². The Bertz CT molecular complexity index is 615. The minimum atomic E-state index is -4.02. The van der Waals surface area contributed by atoms with E-state index in [1.807, 2.05) is 0 Å². The molecule has 0 spiro atoms. The topological polar surface area (TPSA) is 68.3 Å². The van der Waals surface area contributed by atoms with E-state index in [9.17, 15) is 21.2 Å². The van der Waals surface area contributed by atoms with Gasteiger partial charge in [0.25, 0.3) is 0 Å². The third-order valence-corrected chi connectivity index (χ3v) is 7.88. The first kappa shape index (κ1) is 15.1. The van der Waals surface area contributed by atoms with Gasteiger partial charge in [0.1, 0.15) is 5.82 Å². The van der Waals surface area contributed by atoms with Gasteiger partial charge in [0.05, 0.1) is 0 Å². The smallest absolute Gasteiger partial charge is 0.197 e. The Kier molecular flexibility index (Phi) is 3.88. The largest absolute Gasteiger partial charge is 0.227 e. The van der Waals surface area contributed by atoms with Crippen molar-refractivity contribution in [3.63, 3.8) is 0 Å². The fraction of sp³-hybridized carbons (Fsp3) is 0.364. The second-order valence-electron chi connectivity index (χ2n) is 4.06. The van der Waals surface area contributed by atoms with Crippen LogP contribution >= 0.6 is 0 Å². The lowest BCUT2D eigenvalue weighted by Gasteiger charge is -2.29. The van der Waals surface area contributed by atoms with Gasteiger partial charge in [-0.3, -0.25) is 0 Å². The lowest BCUT2D eigenvalue weighted by atomic mass is 10.1. The molecule has 0 atom stereocenters. The molecule has 101 valence electrons. The molecule has 0 amide bonds. The van der Waals surface area contributed by atoms with Gasteiger partial charge in [-0.1, -0.05) is 19.1 Å². The van der Waals surface area contributed by atoms with Crippen molar-refractivity contribution in [2.24, 2.45) is 0 Å². The van der Waals surface area contributed by atoms with Crippen molar-refractivity contribution >= 4 is 19.7 Å². The second-order valence-corrected chi connectivity index (χ2v) is 8.80. The van der Waals surface area contributed by atoms with Crippen LogP contribution in [0.2, 0.25) is 0 Å². The molecular weight excluding hydrogens is 279 g/mol. The molecule has 1 rings (SSSR count). The number of hydrogen-bond acceptors (Lipinski definition) is 4. The zero-order chi connectivity index (χ0) is 14.2. The Morgan fingerprint density at radius 2 is 1.67 bits per heavy atom. The maximum atomic E-state index is 13.2. The molecular formula is C11H14FO4S2. The monoisotopic (exact) mass is 293 g/mol. The van der Waals surface area contributed by atoms with E-state index in [4.69, 9.17) is 0 Å². The molecule has 0 saturated heterocycles. The Labute approximate surface area is 107 Å². The van der Waals surface area contributed by atoms with E-state index in [1.165, 1.54) is 12.1 Å². The second kappa shape index (κ2) is 4.62. The number of benzene rings is 1. The number of hydrogen-bond donors (Lipinski definition) is 0. The van der Waals surface area contributed by atoms with Crippen LogP contribution in [-0.4, -0.2) is 29.3 Å². The first-order valence-electron chi connectivity index (χ1n) is 5.01. The molecule has 1 radical (unpaired) electrons. The number of rotatable bonds is 4. The Morgan fingerprint density at radius 3 is 2.00 bits per heavy atom. The SMILES string of the molecule is [CH2]CC(c1cccc(F)c1)(S(C)(=O)=O)S(C)(=O)=O. The van der Waals surface area contributed by atoms with Crippen LogP contribution in [0.1, 0.15) is 12.0 Å². The van der Waals surface area contributed by atoms with E-state index < -0.39 is 36.0 Å². The van der Waals surface area contributed by atoms with Gasteiger partial charge in [0, 0.05) is 12.5 Å². The summed E-state index contributed by atoms with van der Waals surface area (Å²) in [6, 6.07) is 4.57. The minimum absolute atomic E-state index is 0.123. The highest BCUT2D eigenvalue weighted by molar-refractivity contribution is 8.09. The average Bonchev–Trinajstić information content (AvgIpc) is 2.14. The molecule has 4 nitrogen and oxygen atoms in total. The van der Waals surface area contributed by atoms with Crippen LogP contribution in [0.15, 0.2) is 24.3 Å². The molecule has 18 heavy (non-hydrogen) atoms. The van der Waals surface area contributed by atoms with Crippen molar-refractivity contribution in [2.45, 2.75) is 10.5 Å². The van der Waals surface area contributed by atoms with Crippen LogP contribution < -0.4 is 0 Å². The van der Waals surface area contributed by atoms with Crippen LogP contribution in [-0.2, 0) is 23.8 Å². The van der Waals surface area contributed by atoms with Crippen LogP contribution in [0.25, 0.3) is 0 Å². The van der Waals surface area contributed by atoms with Crippen molar-refractivity contribution in [1.82, 2.24) is 0 Å². The Hall–Kier alpha value is -0.950. The summed E-state index contributed by atoms with van der Waals surface area (Å²) in [4.78, 5) is 0. The van der Waals surface area contributed by atoms with Crippen molar-refractivity contribution in [2.75, 3.05) is 12.5 Å². The van der Waals surface area contributed by atoms with Crippen molar-refractivity contribution in [3.8, 4) is 0 Å². The molecule has 0 bridgehead atoms. The summed E-state index contributed by atoms with van der Waals surface area (Å²) in [6.45, 7) is 3.42. The number of halogens is 1. The Balaban J connectivity index is 3.79. The lowest BCUT2D eigenvalue weighted by molar-refractivity contribution is 0.548. The summed E-state index contributed by atoms with van der Waals surface area (Å²) in [5.74, 6) is -0.697. The van der Waals surface area contributed by atoms with Crippen LogP contribution in [0.3, 0.4) is 0 Å².